The quantitative estimate of drug-likeness (QED) is 0.0724. The molecule has 0 amide bonds. The lowest BCUT2D eigenvalue weighted by Gasteiger charge is -2.12. The number of ether oxygens (including phenoxy) is 1. The van der Waals surface area contributed by atoms with Crippen LogP contribution >= 0.6 is 0 Å². The Hall–Kier alpha value is -3.68. The fraction of sp³-hybridized carbons (Fsp3) is 0.364. The third-order valence-corrected chi connectivity index (χ3v) is 6.57. The number of anilines is 1. The molecule has 3 aromatic carbocycles. The molecule has 3 rings (SSSR count). The molecule has 224 valence electrons. The van der Waals surface area contributed by atoms with Gasteiger partial charge in [0.15, 0.2) is 23.3 Å². The summed E-state index contributed by atoms with van der Waals surface area (Å²) in [5.74, 6) is -9.70. The maximum Gasteiger partial charge on any atom is 0.331 e. The minimum atomic E-state index is -2.11. The number of halogens is 5. The zero-order valence-corrected chi connectivity index (χ0v) is 24.5. The predicted molar refractivity (Wildman–Crippen MR) is 156 cm³/mol. The summed E-state index contributed by atoms with van der Waals surface area (Å²) in [4.78, 5) is 11.3. The highest BCUT2D eigenvalue weighted by molar-refractivity contribution is 5.87. The summed E-state index contributed by atoms with van der Waals surface area (Å²) in [5.41, 5.74) is 8.05. The number of carbonyl (C=O) groups excluding carboxylic acids is 1. The van der Waals surface area contributed by atoms with Gasteiger partial charge < -0.3 is 10.5 Å². The Morgan fingerprint density at radius 3 is 1.68 bits per heavy atom. The molecule has 0 saturated heterocycles. The first-order valence-corrected chi connectivity index (χ1v) is 13.7. The Labute approximate surface area is 240 Å². The van der Waals surface area contributed by atoms with Crippen molar-refractivity contribution in [1.29, 1.82) is 0 Å². The maximum atomic E-state index is 13.1. The Bertz CT molecular complexity index is 1220. The van der Waals surface area contributed by atoms with Crippen molar-refractivity contribution in [2.75, 3.05) is 5.73 Å². The lowest BCUT2D eigenvalue weighted by molar-refractivity contribution is -0.142. The van der Waals surface area contributed by atoms with E-state index in [1.165, 1.54) is 25.0 Å². The molecular weight excluding hydrogens is 537 g/mol. The number of benzene rings is 3. The molecule has 0 aliphatic heterocycles. The fourth-order valence-electron chi connectivity index (χ4n) is 3.37. The van der Waals surface area contributed by atoms with E-state index in [0.717, 1.165) is 17.7 Å². The number of esters is 1. The first kappa shape index (κ1) is 35.3. The van der Waals surface area contributed by atoms with E-state index in [-0.39, 0.29) is 12.1 Å². The summed E-state index contributed by atoms with van der Waals surface area (Å²) in [7, 11) is 0. The van der Waals surface area contributed by atoms with Gasteiger partial charge in [0.05, 0.1) is 6.10 Å². The van der Waals surface area contributed by atoms with Gasteiger partial charge in [-0.25, -0.2) is 26.7 Å². The molecule has 0 aliphatic rings. The Kier molecular flexibility index (Phi) is 15.4. The van der Waals surface area contributed by atoms with Crippen molar-refractivity contribution in [3.8, 4) is 0 Å². The Balaban J connectivity index is 0.000000312. The zero-order valence-electron chi connectivity index (χ0n) is 24.5. The van der Waals surface area contributed by atoms with Crippen LogP contribution in [-0.4, -0.2) is 12.1 Å². The van der Waals surface area contributed by atoms with Gasteiger partial charge in [0.25, 0.3) is 0 Å². The van der Waals surface area contributed by atoms with Crippen molar-refractivity contribution in [1.82, 2.24) is 0 Å². The van der Waals surface area contributed by atoms with Crippen LogP contribution in [0, 0.1) is 29.1 Å². The molecular formula is C33H40F5NO2. The van der Waals surface area contributed by atoms with Gasteiger partial charge in [-0.3, -0.25) is 0 Å². The second-order valence-corrected chi connectivity index (χ2v) is 9.67. The molecule has 3 nitrogen and oxygen atoms in total. The maximum absolute atomic E-state index is 13.1. The van der Waals surface area contributed by atoms with Crippen molar-refractivity contribution in [2.45, 2.75) is 78.7 Å². The Morgan fingerprint density at radius 2 is 1.22 bits per heavy atom. The molecule has 2 N–H and O–H groups in total. The van der Waals surface area contributed by atoms with Crippen molar-refractivity contribution in [2.24, 2.45) is 0 Å². The monoisotopic (exact) mass is 577 g/mol. The predicted octanol–water partition coefficient (Wildman–Crippen LogP) is 9.72. The summed E-state index contributed by atoms with van der Waals surface area (Å²) in [6.45, 7) is 11.3. The summed E-state index contributed by atoms with van der Waals surface area (Å²) >= 11 is 0. The minimum Gasteiger partial charge on any atom is -0.460 e. The van der Waals surface area contributed by atoms with E-state index in [4.69, 9.17) is 10.5 Å². The van der Waals surface area contributed by atoms with Gasteiger partial charge >= 0.3 is 5.97 Å². The van der Waals surface area contributed by atoms with Crippen LogP contribution in [0.15, 0.2) is 60.7 Å². The molecule has 3 aromatic rings. The van der Waals surface area contributed by atoms with Crippen molar-refractivity contribution in [3.05, 3.63) is 106 Å². The van der Waals surface area contributed by atoms with Crippen molar-refractivity contribution >= 4 is 17.7 Å². The number of hydrogen-bond acceptors (Lipinski definition) is 3. The average molecular weight is 578 g/mol. The van der Waals surface area contributed by atoms with Crippen LogP contribution < -0.4 is 5.73 Å². The minimum absolute atomic E-state index is 0.0158. The largest absolute Gasteiger partial charge is 0.460 e. The smallest absolute Gasteiger partial charge is 0.331 e. The van der Waals surface area contributed by atoms with E-state index in [1.54, 1.807) is 13.0 Å². The highest BCUT2D eigenvalue weighted by atomic mass is 19.2. The molecule has 0 aliphatic carbocycles. The molecule has 0 saturated carbocycles. The highest BCUT2D eigenvalue weighted by Crippen LogP contribution is 2.30. The number of nitrogens with two attached hydrogens (primary N) is 1. The first-order chi connectivity index (χ1) is 19.4. The van der Waals surface area contributed by atoms with Gasteiger partial charge in [-0.2, -0.15) is 0 Å². The van der Waals surface area contributed by atoms with Crippen LogP contribution in [0.4, 0.5) is 27.6 Å². The summed E-state index contributed by atoms with van der Waals surface area (Å²) in [6, 6.07) is 17.8. The van der Waals surface area contributed by atoms with Crippen LogP contribution in [-0.2, 0) is 9.53 Å². The zero-order chi connectivity index (χ0) is 31.1. The number of hydrogen-bond donors (Lipinski definition) is 1. The van der Waals surface area contributed by atoms with Crippen LogP contribution in [0.3, 0.4) is 0 Å². The molecule has 0 radical (unpaired) electrons. The van der Waals surface area contributed by atoms with Gasteiger partial charge in [-0.05, 0) is 67.4 Å². The topological polar surface area (TPSA) is 52.3 Å². The van der Waals surface area contributed by atoms with E-state index in [1.807, 2.05) is 56.3 Å². The molecule has 0 spiro atoms. The number of nitrogen functional groups attached to an aromatic ring is 1. The van der Waals surface area contributed by atoms with Crippen molar-refractivity contribution < 1.29 is 31.5 Å². The van der Waals surface area contributed by atoms with Crippen LogP contribution in [0.1, 0.15) is 89.3 Å². The van der Waals surface area contributed by atoms with E-state index in [2.05, 4.69) is 26.0 Å². The third kappa shape index (κ3) is 11.4. The van der Waals surface area contributed by atoms with Crippen LogP contribution in [0.5, 0.6) is 0 Å². The lowest BCUT2D eigenvalue weighted by Crippen LogP contribution is -2.11. The summed E-state index contributed by atoms with van der Waals surface area (Å²) in [6.07, 6.45) is 5.51. The van der Waals surface area contributed by atoms with Crippen molar-refractivity contribution in [3.63, 3.8) is 0 Å². The standard InChI is InChI=1S/C13H16O2.C10H9F5.C10H15N/c1-3-11(2)15-13(14)10-9-12-7-5-4-6-8-12;1-3-4(2)5-6(11)8(13)10(15)9(14)7(5)12;1-3-8(2)9-4-6-10(11)7-5-9/h4-11H,3H2,1-2H3;4H,3H2,1-2H3;4-8H,3,11H2,1-2H3/b10-9+;;. The van der Waals surface area contributed by atoms with Gasteiger partial charge in [0, 0.05) is 17.3 Å². The fourth-order valence-corrected chi connectivity index (χ4v) is 3.37. The van der Waals surface area contributed by atoms with Gasteiger partial charge in [-0.15, -0.1) is 0 Å². The molecule has 0 aromatic heterocycles. The van der Waals surface area contributed by atoms with E-state index < -0.39 is 40.6 Å². The number of carbonyl (C=O) groups is 1. The Morgan fingerprint density at radius 1 is 0.732 bits per heavy atom. The molecule has 41 heavy (non-hydrogen) atoms. The molecule has 3 unspecified atom stereocenters. The highest BCUT2D eigenvalue weighted by Gasteiger charge is 2.27. The average Bonchev–Trinajstić information content (AvgIpc) is 2.99. The molecule has 0 fully saturated rings. The third-order valence-electron chi connectivity index (χ3n) is 6.57. The molecule has 0 heterocycles. The molecule has 3 atom stereocenters. The molecule has 8 heteroatoms. The second-order valence-electron chi connectivity index (χ2n) is 9.67. The van der Waals surface area contributed by atoms with Gasteiger partial charge in [-0.1, -0.05) is 77.1 Å². The number of rotatable bonds is 8. The molecule has 0 bridgehead atoms. The lowest BCUT2D eigenvalue weighted by atomic mass is 9.97. The SMILES string of the molecule is CCC(C)OC(=O)/C=C/c1ccccc1.CCC(C)c1c(F)c(F)c(F)c(F)c1F.CCC(C)c1ccc(N)cc1. The normalized spacial score (nSPS) is 12.9. The summed E-state index contributed by atoms with van der Waals surface area (Å²) < 4.78 is 69.4. The van der Waals surface area contributed by atoms with E-state index in [9.17, 15) is 26.7 Å². The van der Waals surface area contributed by atoms with E-state index in [0.29, 0.717) is 12.3 Å². The summed E-state index contributed by atoms with van der Waals surface area (Å²) in [5, 5.41) is 0. The first-order valence-electron chi connectivity index (χ1n) is 13.7. The van der Waals surface area contributed by atoms with Crippen LogP contribution in [0.2, 0.25) is 0 Å². The van der Waals surface area contributed by atoms with Gasteiger partial charge in [0.2, 0.25) is 5.82 Å². The second kappa shape index (κ2) is 17.9. The van der Waals surface area contributed by atoms with Gasteiger partial charge in [0.1, 0.15) is 0 Å². The van der Waals surface area contributed by atoms with Crippen LogP contribution in [0.25, 0.3) is 6.08 Å². The van der Waals surface area contributed by atoms with E-state index >= 15 is 0 Å².